The Balaban J connectivity index is 2.21. The van der Waals surface area contributed by atoms with Crippen molar-refractivity contribution in [2.24, 2.45) is 0 Å². The summed E-state index contributed by atoms with van der Waals surface area (Å²) < 4.78 is 5.42. The topological polar surface area (TPSA) is 51.8 Å². The lowest BCUT2D eigenvalue weighted by Crippen LogP contribution is -1.95. The summed E-state index contributed by atoms with van der Waals surface area (Å²) in [6.07, 6.45) is 0.825. The molecule has 0 saturated heterocycles. The molecule has 0 N–H and O–H groups in total. The maximum Gasteiger partial charge on any atom is 0.192 e. The second-order valence-corrected chi connectivity index (χ2v) is 4.78. The van der Waals surface area contributed by atoms with Gasteiger partial charge in [-0.1, -0.05) is 35.8 Å². The smallest absolute Gasteiger partial charge is 0.192 e. The third-order valence-electron chi connectivity index (χ3n) is 3.16. The first-order valence-electron chi connectivity index (χ1n) is 6.08. The second-order valence-electron chi connectivity index (χ2n) is 4.34. The normalized spacial score (nSPS) is 11.1. The molecule has 0 atom stereocenters. The molecule has 0 fully saturated rings. The van der Waals surface area contributed by atoms with Crippen LogP contribution in [0.4, 0.5) is 0 Å². The van der Waals surface area contributed by atoms with Gasteiger partial charge in [0.25, 0.3) is 0 Å². The van der Waals surface area contributed by atoms with Crippen LogP contribution in [0.1, 0.15) is 18.2 Å². The number of aryl methyl sites for hydroxylation is 2. The monoisotopic (exact) mass is 273 g/mol. The average Bonchev–Trinajstić information content (AvgIpc) is 2.85. The molecular weight excluding hydrogens is 262 g/mol. The van der Waals surface area contributed by atoms with Gasteiger partial charge in [0.2, 0.25) is 0 Å². The van der Waals surface area contributed by atoms with Crippen LogP contribution >= 0.6 is 11.6 Å². The predicted octanol–water partition coefficient (Wildman–Crippen LogP) is 3.81. The van der Waals surface area contributed by atoms with Gasteiger partial charge in [0.05, 0.1) is 5.69 Å². The summed E-state index contributed by atoms with van der Waals surface area (Å²) in [6.45, 7) is 4.02. The van der Waals surface area contributed by atoms with Gasteiger partial charge in [0, 0.05) is 16.1 Å². The molecule has 0 spiro atoms. The van der Waals surface area contributed by atoms with Gasteiger partial charge in [0.1, 0.15) is 5.69 Å². The minimum Gasteiger partial charge on any atom is -0.353 e. The van der Waals surface area contributed by atoms with Crippen LogP contribution in [-0.2, 0) is 6.42 Å². The van der Waals surface area contributed by atoms with E-state index in [0.29, 0.717) is 21.8 Å². The van der Waals surface area contributed by atoms with Crippen LogP contribution in [-0.4, -0.2) is 15.4 Å². The van der Waals surface area contributed by atoms with Crippen molar-refractivity contribution in [2.45, 2.75) is 20.3 Å². The molecule has 2 aromatic heterocycles. The van der Waals surface area contributed by atoms with Crippen LogP contribution < -0.4 is 0 Å². The number of hydrogen-bond acceptors (Lipinski definition) is 4. The Morgan fingerprint density at radius 1 is 1.16 bits per heavy atom. The van der Waals surface area contributed by atoms with Crippen LogP contribution in [0.25, 0.3) is 22.4 Å². The minimum absolute atomic E-state index is 0.687. The third-order valence-corrected chi connectivity index (χ3v) is 3.42. The summed E-state index contributed by atoms with van der Waals surface area (Å²) in [5.74, 6) is 0. The maximum absolute atomic E-state index is 5.88. The molecule has 2 heterocycles. The zero-order valence-corrected chi connectivity index (χ0v) is 11.4. The summed E-state index contributed by atoms with van der Waals surface area (Å²) >= 11 is 5.88. The largest absolute Gasteiger partial charge is 0.353 e. The molecular formula is C14H12ClN3O. The van der Waals surface area contributed by atoms with E-state index < -0.39 is 0 Å². The lowest BCUT2D eigenvalue weighted by atomic mass is 10.1. The Labute approximate surface area is 115 Å². The van der Waals surface area contributed by atoms with Crippen LogP contribution in [0.5, 0.6) is 0 Å². The molecule has 3 rings (SSSR count). The number of benzene rings is 1. The van der Waals surface area contributed by atoms with E-state index in [1.165, 1.54) is 0 Å². The lowest BCUT2D eigenvalue weighted by Gasteiger charge is -2.00. The van der Waals surface area contributed by atoms with Crippen molar-refractivity contribution in [1.82, 2.24) is 15.4 Å². The van der Waals surface area contributed by atoms with Crippen LogP contribution in [0, 0.1) is 6.92 Å². The van der Waals surface area contributed by atoms with Crippen molar-refractivity contribution < 1.29 is 4.52 Å². The fourth-order valence-corrected chi connectivity index (χ4v) is 2.20. The molecule has 0 saturated carbocycles. The number of aromatic nitrogens is 3. The minimum atomic E-state index is 0.687. The van der Waals surface area contributed by atoms with E-state index >= 15 is 0 Å². The Morgan fingerprint density at radius 2 is 1.89 bits per heavy atom. The fraction of sp³-hybridized carbons (Fsp3) is 0.214. The van der Waals surface area contributed by atoms with E-state index in [2.05, 4.69) is 15.4 Å². The van der Waals surface area contributed by atoms with Gasteiger partial charge in [-0.2, -0.15) is 5.10 Å². The molecule has 4 nitrogen and oxygen atoms in total. The van der Waals surface area contributed by atoms with Gasteiger partial charge in [-0.15, -0.1) is 5.10 Å². The SMILES string of the molecule is CCc1nnc2c(-c3ccc(Cl)cc3)noc2c1C. The van der Waals surface area contributed by atoms with Crippen LogP contribution in [0.3, 0.4) is 0 Å². The van der Waals surface area contributed by atoms with Crippen molar-refractivity contribution in [1.29, 1.82) is 0 Å². The molecule has 0 aliphatic carbocycles. The van der Waals surface area contributed by atoms with Gasteiger partial charge in [0.15, 0.2) is 11.1 Å². The molecule has 3 aromatic rings. The number of nitrogens with zero attached hydrogens (tertiary/aromatic N) is 3. The molecule has 0 aliphatic heterocycles. The molecule has 19 heavy (non-hydrogen) atoms. The first-order valence-corrected chi connectivity index (χ1v) is 6.46. The number of halogens is 1. The summed E-state index contributed by atoms with van der Waals surface area (Å²) in [4.78, 5) is 0. The highest BCUT2D eigenvalue weighted by Gasteiger charge is 2.16. The molecule has 0 radical (unpaired) electrons. The highest BCUT2D eigenvalue weighted by Crippen LogP contribution is 2.29. The van der Waals surface area contributed by atoms with Crippen molar-refractivity contribution in [3.63, 3.8) is 0 Å². The first-order chi connectivity index (χ1) is 9.20. The zero-order valence-electron chi connectivity index (χ0n) is 10.6. The summed E-state index contributed by atoms with van der Waals surface area (Å²) in [5.41, 5.74) is 4.95. The van der Waals surface area contributed by atoms with E-state index in [9.17, 15) is 0 Å². The first kappa shape index (κ1) is 12.1. The maximum atomic E-state index is 5.88. The molecule has 0 unspecified atom stereocenters. The second kappa shape index (κ2) is 4.63. The fourth-order valence-electron chi connectivity index (χ4n) is 2.07. The van der Waals surface area contributed by atoms with Crippen LogP contribution in [0.2, 0.25) is 5.02 Å². The van der Waals surface area contributed by atoms with Gasteiger partial charge >= 0.3 is 0 Å². The van der Waals surface area contributed by atoms with Crippen molar-refractivity contribution in [3.05, 3.63) is 40.5 Å². The van der Waals surface area contributed by atoms with E-state index in [1.807, 2.05) is 38.1 Å². The number of fused-ring (bicyclic) bond motifs is 1. The third kappa shape index (κ3) is 1.98. The van der Waals surface area contributed by atoms with Crippen LogP contribution in [0.15, 0.2) is 28.8 Å². The van der Waals surface area contributed by atoms with Gasteiger partial charge in [-0.3, -0.25) is 0 Å². The lowest BCUT2D eigenvalue weighted by molar-refractivity contribution is 0.457. The summed E-state index contributed by atoms with van der Waals surface area (Å²) in [6, 6.07) is 7.42. The molecule has 1 aromatic carbocycles. The molecule has 5 heteroatoms. The van der Waals surface area contributed by atoms with E-state index in [4.69, 9.17) is 16.1 Å². The quantitative estimate of drug-likeness (QED) is 0.712. The molecule has 0 aliphatic rings. The Hall–Kier alpha value is -1.94. The van der Waals surface area contributed by atoms with Crippen molar-refractivity contribution in [2.75, 3.05) is 0 Å². The summed E-state index contributed by atoms with van der Waals surface area (Å²) in [5, 5.41) is 13.3. The van der Waals surface area contributed by atoms with E-state index in [1.54, 1.807) is 0 Å². The number of rotatable bonds is 2. The molecule has 96 valence electrons. The van der Waals surface area contributed by atoms with E-state index in [-0.39, 0.29) is 0 Å². The van der Waals surface area contributed by atoms with Crippen molar-refractivity contribution >= 4 is 22.7 Å². The standard InChI is InChI=1S/C14H12ClN3O/c1-3-11-8(2)14-13(17-16-11)12(18-19-14)9-4-6-10(15)7-5-9/h4-7H,3H2,1-2H3. The van der Waals surface area contributed by atoms with Crippen molar-refractivity contribution in [3.8, 4) is 11.3 Å². The molecule has 0 bridgehead atoms. The number of hydrogen-bond donors (Lipinski definition) is 0. The van der Waals surface area contributed by atoms with E-state index in [0.717, 1.165) is 23.2 Å². The summed E-state index contributed by atoms with van der Waals surface area (Å²) in [7, 11) is 0. The predicted molar refractivity (Wildman–Crippen MR) is 74.2 cm³/mol. The Morgan fingerprint density at radius 3 is 2.58 bits per heavy atom. The Kier molecular flexibility index (Phi) is 2.95. The Bertz CT molecular complexity index is 734. The highest BCUT2D eigenvalue weighted by molar-refractivity contribution is 6.30. The highest BCUT2D eigenvalue weighted by atomic mass is 35.5. The van der Waals surface area contributed by atoms with Gasteiger partial charge in [-0.05, 0) is 25.5 Å². The van der Waals surface area contributed by atoms with Gasteiger partial charge < -0.3 is 4.52 Å². The zero-order chi connectivity index (χ0) is 13.4. The van der Waals surface area contributed by atoms with Gasteiger partial charge in [-0.25, -0.2) is 0 Å². The molecule has 0 amide bonds. The average molecular weight is 274 g/mol.